The maximum absolute atomic E-state index is 5.60. The van der Waals surface area contributed by atoms with Crippen LogP contribution in [-0.4, -0.2) is 51.0 Å². The highest BCUT2D eigenvalue weighted by Gasteiger charge is 2.28. The van der Waals surface area contributed by atoms with E-state index in [0.29, 0.717) is 0 Å². The Bertz CT molecular complexity index is 267. The minimum Gasteiger partial charge on any atom is -0.379 e. The van der Waals surface area contributed by atoms with E-state index in [2.05, 4.69) is 17.1 Å². The van der Waals surface area contributed by atoms with Crippen LogP contribution in [0, 0.1) is 11.8 Å². The fourth-order valence-corrected chi connectivity index (χ4v) is 3.20. The Labute approximate surface area is 117 Å². The Morgan fingerprint density at radius 3 is 2.84 bits per heavy atom. The molecule has 0 saturated carbocycles. The van der Waals surface area contributed by atoms with Crippen LogP contribution in [0.15, 0.2) is 12.2 Å². The molecule has 1 fully saturated rings. The molecule has 1 saturated heterocycles. The van der Waals surface area contributed by atoms with E-state index < -0.39 is 0 Å². The first kappa shape index (κ1) is 15.0. The molecular formula is C16H29NO2. The fourth-order valence-electron chi connectivity index (χ4n) is 3.20. The number of nitrogens with zero attached hydrogens (tertiary/aromatic N) is 1. The van der Waals surface area contributed by atoms with E-state index in [1.807, 2.05) is 6.92 Å². The molecule has 1 heterocycles. The zero-order valence-electron chi connectivity index (χ0n) is 12.4. The quantitative estimate of drug-likeness (QED) is 0.498. The van der Waals surface area contributed by atoms with Crippen molar-refractivity contribution in [3.8, 4) is 0 Å². The number of allylic oxidation sites excluding steroid dienone is 2. The summed E-state index contributed by atoms with van der Waals surface area (Å²) >= 11 is 0. The Balaban J connectivity index is 1.55. The molecule has 2 unspecified atom stereocenters. The first-order valence-corrected chi connectivity index (χ1v) is 7.94. The highest BCUT2D eigenvalue weighted by atomic mass is 16.5. The van der Waals surface area contributed by atoms with E-state index in [-0.39, 0.29) is 0 Å². The second-order valence-corrected chi connectivity index (χ2v) is 5.68. The van der Waals surface area contributed by atoms with Gasteiger partial charge < -0.3 is 14.4 Å². The maximum atomic E-state index is 5.60. The number of ether oxygens (including phenoxy) is 2. The van der Waals surface area contributed by atoms with Crippen LogP contribution >= 0.6 is 0 Å². The number of rotatable bonds is 8. The second-order valence-electron chi connectivity index (χ2n) is 5.68. The Hall–Kier alpha value is -0.380. The van der Waals surface area contributed by atoms with Gasteiger partial charge in [0, 0.05) is 19.7 Å². The molecule has 0 radical (unpaired) electrons. The molecule has 0 aromatic carbocycles. The normalized spacial score (nSPS) is 28.1. The lowest BCUT2D eigenvalue weighted by Gasteiger charge is -2.23. The second kappa shape index (κ2) is 8.72. The monoisotopic (exact) mass is 267 g/mol. The molecule has 0 amide bonds. The fraction of sp³-hybridized carbons (Fsp3) is 0.875. The largest absolute Gasteiger partial charge is 0.379 e. The van der Waals surface area contributed by atoms with Crippen molar-refractivity contribution in [1.29, 1.82) is 0 Å². The first-order chi connectivity index (χ1) is 9.40. The lowest BCUT2D eigenvalue weighted by atomic mass is 9.84. The summed E-state index contributed by atoms with van der Waals surface area (Å²) in [5, 5.41) is 0. The van der Waals surface area contributed by atoms with Crippen molar-refractivity contribution in [1.82, 2.24) is 4.90 Å². The van der Waals surface area contributed by atoms with Crippen molar-refractivity contribution in [2.24, 2.45) is 11.8 Å². The van der Waals surface area contributed by atoms with Crippen molar-refractivity contribution >= 4 is 0 Å². The Morgan fingerprint density at radius 2 is 2.05 bits per heavy atom. The minimum atomic E-state index is 0.728. The van der Waals surface area contributed by atoms with Crippen molar-refractivity contribution < 1.29 is 9.47 Å². The third-order valence-corrected chi connectivity index (χ3v) is 4.33. The molecule has 1 aliphatic carbocycles. The van der Waals surface area contributed by atoms with E-state index in [0.717, 1.165) is 44.8 Å². The smallest absolute Gasteiger partial charge is 0.0701 e. The van der Waals surface area contributed by atoms with Crippen molar-refractivity contribution in [3.05, 3.63) is 12.2 Å². The highest BCUT2D eigenvalue weighted by molar-refractivity contribution is 4.98. The first-order valence-electron chi connectivity index (χ1n) is 7.94. The van der Waals surface area contributed by atoms with Gasteiger partial charge in [0.1, 0.15) is 0 Å². The zero-order valence-corrected chi connectivity index (χ0v) is 12.4. The average molecular weight is 267 g/mol. The standard InChI is InChI=1S/C16H29NO2/c1-2-18-12-13-19-11-10-17-9-8-16(14-17)15-6-4-3-5-7-15/h4,6,15-16H,2-3,5,7-14H2,1H3. The van der Waals surface area contributed by atoms with E-state index in [4.69, 9.17) is 9.47 Å². The van der Waals surface area contributed by atoms with Crippen LogP contribution in [0.2, 0.25) is 0 Å². The van der Waals surface area contributed by atoms with Gasteiger partial charge in [0.05, 0.1) is 19.8 Å². The van der Waals surface area contributed by atoms with E-state index in [1.54, 1.807) is 0 Å². The summed E-state index contributed by atoms with van der Waals surface area (Å²) in [6.07, 6.45) is 10.3. The van der Waals surface area contributed by atoms with Crippen LogP contribution in [-0.2, 0) is 9.47 Å². The summed E-state index contributed by atoms with van der Waals surface area (Å²) in [6, 6.07) is 0. The van der Waals surface area contributed by atoms with Crippen LogP contribution in [0.4, 0.5) is 0 Å². The van der Waals surface area contributed by atoms with E-state index >= 15 is 0 Å². The third kappa shape index (κ3) is 5.25. The molecule has 19 heavy (non-hydrogen) atoms. The summed E-state index contributed by atoms with van der Waals surface area (Å²) < 4.78 is 10.9. The number of hydrogen-bond donors (Lipinski definition) is 0. The molecule has 2 atom stereocenters. The van der Waals surface area contributed by atoms with Crippen molar-refractivity contribution in [2.75, 3.05) is 46.1 Å². The molecule has 0 spiro atoms. The molecule has 0 aromatic heterocycles. The van der Waals surface area contributed by atoms with Crippen LogP contribution in [0.5, 0.6) is 0 Å². The molecule has 0 N–H and O–H groups in total. The summed E-state index contributed by atoms with van der Waals surface area (Å²) in [5.74, 6) is 1.73. The van der Waals surface area contributed by atoms with Gasteiger partial charge in [-0.2, -0.15) is 0 Å². The van der Waals surface area contributed by atoms with E-state index in [1.165, 1.54) is 38.8 Å². The van der Waals surface area contributed by atoms with Crippen molar-refractivity contribution in [3.63, 3.8) is 0 Å². The van der Waals surface area contributed by atoms with Gasteiger partial charge in [-0.15, -0.1) is 0 Å². The molecule has 3 heteroatoms. The molecule has 0 bridgehead atoms. The van der Waals surface area contributed by atoms with Gasteiger partial charge in [0.15, 0.2) is 0 Å². The van der Waals surface area contributed by atoms with Gasteiger partial charge in [0.2, 0.25) is 0 Å². The molecule has 3 nitrogen and oxygen atoms in total. The summed E-state index contributed by atoms with van der Waals surface area (Å²) in [6.45, 7) is 8.71. The van der Waals surface area contributed by atoms with Gasteiger partial charge in [-0.25, -0.2) is 0 Å². The van der Waals surface area contributed by atoms with E-state index in [9.17, 15) is 0 Å². The van der Waals surface area contributed by atoms with Gasteiger partial charge in [-0.3, -0.25) is 0 Å². The van der Waals surface area contributed by atoms with Gasteiger partial charge in [-0.05, 0) is 51.0 Å². The van der Waals surface area contributed by atoms with Crippen LogP contribution in [0.1, 0.15) is 32.6 Å². The molecule has 0 aromatic rings. The molecule has 110 valence electrons. The lowest BCUT2D eigenvalue weighted by molar-refractivity contribution is 0.0446. The lowest BCUT2D eigenvalue weighted by Crippen LogP contribution is -2.27. The number of hydrogen-bond acceptors (Lipinski definition) is 3. The zero-order chi connectivity index (χ0) is 13.3. The predicted molar refractivity (Wildman–Crippen MR) is 78.3 cm³/mol. The third-order valence-electron chi connectivity index (χ3n) is 4.33. The van der Waals surface area contributed by atoms with Crippen molar-refractivity contribution in [2.45, 2.75) is 32.6 Å². The minimum absolute atomic E-state index is 0.728. The van der Waals surface area contributed by atoms with Gasteiger partial charge in [0.25, 0.3) is 0 Å². The molecular weight excluding hydrogens is 238 g/mol. The topological polar surface area (TPSA) is 21.7 Å². The summed E-state index contributed by atoms with van der Waals surface area (Å²) in [5.41, 5.74) is 0. The maximum Gasteiger partial charge on any atom is 0.0701 e. The summed E-state index contributed by atoms with van der Waals surface area (Å²) in [7, 11) is 0. The average Bonchev–Trinajstić information content (AvgIpc) is 2.92. The molecule has 2 aliphatic rings. The van der Waals surface area contributed by atoms with Crippen LogP contribution in [0.3, 0.4) is 0 Å². The highest BCUT2D eigenvalue weighted by Crippen LogP contribution is 2.31. The Morgan fingerprint density at radius 1 is 1.16 bits per heavy atom. The predicted octanol–water partition coefficient (Wildman–Crippen LogP) is 2.72. The molecule has 1 aliphatic heterocycles. The van der Waals surface area contributed by atoms with Crippen LogP contribution < -0.4 is 0 Å². The number of likely N-dealkylation sites (tertiary alicyclic amines) is 1. The molecule has 2 rings (SSSR count). The van der Waals surface area contributed by atoms with Gasteiger partial charge in [-0.1, -0.05) is 12.2 Å². The SMILES string of the molecule is CCOCCOCCN1CCC(C2C=CCCC2)C1. The van der Waals surface area contributed by atoms with Gasteiger partial charge >= 0.3 is 0 Å². The van der Waals surface area contributed by atoms with Crippen LogP contribution in [0.25, 0.3) is 0 Å². The Kier molecular flexibility index (Phi) is 6.90. The summed E-state index contributed by atoms with van der Waals surface area (Å²) in [4.78, 5) is 2.56.